The molecule has 0 saturated carbocycles. The lowest BCUT2D eigenvalue weighted by atomic mass is 9.89. The van der Waals surface area contributed by atoms with Gasteiger partial charge in [0.25, 0.3) is 0 Å². The highest BCUT2D eigenvalue weighted by atomic mass is 16.5. The molecule has 0 bridgehead atoms. The van der Waals surface area contributed by atoms with Gasteiger partial charge in [0, 0.05) is 0 Å². The van der Waals surface area contributed by atoms with Crippen LogP contribution in [0.15, 0.2) is 12.4 Å². The van der Waals surface area contributed by atoms with Gasteiger partial charge in [-0.1, -0.05) is 0 Å². The first kappa shape index (κ1) is 15.9. The van der Waals surface area contributed by atoms with Crippen molar-refractivity contribution in [2.45, 2.75) is 38.9 Å². The summed E-state index contributed by atoms with van der Waals surface area (Å²) in [6.45, 7) is 7.10. The van der Waals surface area contributed by atoms with E-state index in [0.29, 0.717) is 5.75 Å². The molecule has 0 aliphatic carbocycles. The molecule has 0 spiro atoms. The Labute approximate surface area is 100 Å². The average Bonchev–Trinajstić information content (AvgIpc) is 2.52. The lowest BCUT2D eigenvalue weighted by Gasteiger charge is -2.36. The molecule has 17 heavy (non-hydrogen) atoms. The van der Waals surface area contributed by atoms with Gasteiger partial charge in [-0.15, -0.1) is 0 Å². The number of rotatable bonds is 3. The van der Waals surface area contributed by atoms with Crippen LogP contribution in [-0.4, -0.2) is 48.9 Å². The summed E-state index contributed by atoms with van der Waals surface area (Å²) in [5.74, 6) is 0.632. The fraction of sp³-hybridized carbons (Fsp3) is 0.667. The summed E-state index contributed by atoms with van der Waals surface area (Å²) < 4.78 is 5.56. The highest BCUT2D eigenvalue weighted by Crippen LogP contribution is 2.26. The van der Waals surface area contributed by atoms with Crippen molar-refractivity contribution in [1.29, 1.82) is 0 Å². The Bertz CT molecular complexity index is 305. The molecule has 7 nitrogen and oxygen atoms in total. The molecule has 0 amide bonds. The summed E-state index contributed by atoms with van der Waals surface area (Å²) in [5, 5.41) is 37.7. The zero-order valence-corrected chi connectivity index (χ0v) is 10.4. The quantitative estimate of drug-likeness (QED) is 0.449. The first-order valence-electron chi connectivity index (χ1n) is 5.00. The van der Waals surface area contributed by atoms with Crippen LogP contribution < -0.4 is 4.74 Å². The molecule has 0 radical (unpaired) electrons. The molecule has 98 valence electrons. The number of nitrogens with zero attached hydrogens (tertiary/aromatic N) is 1. The molecule has 0 saturated heterocycles. The Morgan fingerprint density at radius 2 is 1.71 bits per heavy atom. The van der Waals surface area contributed by atoms with E-state index in [2.05, 4.69) is 10.2 Å². The van der Waals surface area contributed by atoms with Crippen molar-refractivity contribution in [3.8, 4) is 5.75 Å². The minimum atomic E-state index is -2.17. The Balaban J connectivity index is 0.000000557. The SMILES string of the molecule is CC(C)(O)C(C)(C)Oc1cn[nH]c1.OB(O)O. The van der Waals surface area contributed by atoms with Crippen LogP contribution in [0.2, 0.25) is 0 Å². The minimum Gasteiger partial charge on any atom is -0.482 e. The van der Waals surface area contributed by atoms with Crippen LogP contribution in [0.3, 0.4) is 0 Å². The van der Waals surface area contributed by atoms with Crippen molar-refractivity contribution < 1.29 is 24.9 Å². The largest absolute Gasteiger partial charge is 0.631 e. The van der Waals surface area contributed by atoms with Crippen molar-refractivity contribution in [3.05, 3.63) is 12.4 Å². The van der Waals surface area contributed by atoms with Crippen LogP contribution in [0.1, 0.15) is 27.7 Å². The standard InChI is InChI=1S/C9H16N2O2.BH3O3/c1-8(2,12)9(3,4)13-7-5-10-11-6-7;2-1(3)4/h5-6,12H,1-4H3,(H,10,11);2-4H. The molecule has 0 aliphatic heterocycles. The van der Waals surface area contributed by atoms with Gasteiger partial charge in [0.05, 0.1) is 18.0 Å². The molecule has 1 aromatic heterocycles. The maximum atomic E-state index is 9.79. The second kappa shape index (κ2) is 6.01. The fourth-order valence-electron chi connectivity index (χ4n) is 0.714. The number of aliphatic hydroxyl groups is 1. The molecule has 1 heterocycles. The third-order valence-electron chi connectivity index (χ3n) is 2.32. The molecule has 8 heteroatoms. The highest BCUT2D eigenvalue weighted by Gasteiger charge is 2.37. The number of ether oxygens (including phenoxy) is 1. The van der Waals surface area contributed by atoms with E-state index in [-0.39, 0.29) is 0 Å². The average molecular weight is 246 g/mol. The summed E-state index contributed by atoms with van der Waals surface area (Å²) in [5.41, 5.74) is -1.54. The number of nitrogens with one attached hydrogen (secondary N) is 1. The van der Waals surface area contributed by atoms with Gasteiger partial charge in [-0.3, -0.25) is 5.10 Å². The normalized spacial score (nSPS) is 11.5. The first-order valence-corrected chi connectivity index (χ1v) is 5.00. The topological polar surface area (TPSA) is 119 Å². The lowest BCUT2D eigenvalue weighted by molar-refractivity contribution is -0.0906. The predicted octanol–water partition coefficient (Wildman–Crippen LogP) is -0.714. The van der Waals surface area contributed by atoms with Crippen LogP contribution in [0, 0.1) is 0 Å². The number of aromatic amines is 1. The van der Waals surface area contributed by atoms with E-state index in [1.165, 1.54) is 0 Å². The van der Waals surface area contributed by atoms with Crippen LogP contribution in [-0.2, 0) is 0 Å². The molecule has 0 aliphatic rings. The minimum absolute atomic E-state index is 0.632. The van der Waals surface area contributed by atoms with E-state index in [1.807, 2.05) is 13.8 Å². The van der Waals surface area contributed by atoms with Crippen LogP contribution >= 0.6 is 0 Å². The molecule has 0 aromatic carbocycles. The van der Waals surface area contributed by atoms with E-state index in [0.717, 1.165) is 0 Å². The summed E-state index contributed by atoms with van der Waals surface area (Å²) in [4.78, 5) is 0. The zero-order valence-electron chi connectivity index (χ0n) is 10.4. The zero-order chi connectivity index (χ0) is 13.7. The Morgan fingerprint density at radius 1 is 1.24 bits per heavy atom. The van der Waals surface area contributed by atoms with Gasteiger partial charge >= 0.3 is 7.32 Å². The maximum absolute atomic E-state index is 9.79. The van der Waals surface area contributed by atoms with Crippen molar-refractivity contribution in [3.63, 3.8) is 0 Å². The van der Waals surface area contributed by atoms with Crippen molar-refractivity contribution >= 4 is 7.32 Å². The fourth-order valence-corrected chi connectivity index (χ4v) is 0.714. The molecule has 0 unspecified atom stereocenters. The van der Waals surface area contributed by atoms with E-state index in [4.69, 9.17) is 19.8 Å². The smallest absolute Gasteiger partial charge is 0.482 e. The maximum Gasteiger partial charge on any atom is 0.631 e. The van der Waals surface area contributed by atoms with Crippen LogP contribution in [0.4, 0.5) is 0 Å². The molecule has 0 fully saturated rings. The number of hydrogen-bond acceptors (Lipinski definition) is 6. The van der Waals surface area contributed by atoms with E-state index >= 15 is 0 Å². The van der Waals surface area contributed by atoms with Crippen LogP contribution in [0.25, 0.3) is 0 Å². The van der Waals surface area contributed by atoms with Gasteiger partial charge in [0.1, 0.15) is 5.60 Å². The van der Waals surface area contributed by atoms with Crippen molar-refractivity contribution in [2.24, 2.45) is 0 Å². The van der Waals surface area contributed by atoms with Crippen molar-refractivity contribution in [1.82, 2.24) is 10.2 Å². The molecule has 0 atom stereocenters. The third-order valence-corrected chi connectivity index (χ3v) is 2.32. The van der Waals surface area contributed by atoms with Gasteiger partial charge in [-0.2, -0.15) is 5.10 Å². The Kier molecular flexibility index (Phi) is 5.63. The van der Waals surface area contributed by atoms with E-state index in [1.54, 1.807) is 26.2 Å². The van der Waals surface area contributed by atoms with Crippen LogP contribution in [0.5, 0.6) is 5.75 Å². The highest BCUT2D eigenvalue weighted by molar-refractivity contribution is 6.30. The monoisotopic (exact) mass is 246 g/mol. The van der Waals surface area contributed by atoms with Gasteiger partial charge in [-0.05, 0) is 27.7 Å². The number of hydrogen-bond donors (Lipinski definition) is 5. The van der Waals surface area contributed by atoms with Gasteiger partial charge < -0.3 is 24.9 Å². The van der Waals surface area contributed by atoms with Gasteiger partial charge in [-0.25, -0.2) is 0 Å². The van der Waals surface area contributed by atoms with Crippen molar-refractivity contribution in [2.75, 3.05) is 0 Å². The van der Waals surface area contributed by atoms with Gasteiger partial charge in [0.2, 0.25) is 0 Å². The molecule has 1 rings (SSSR count). The molecule has 5 N–H and O–H groups in total. The molecular weight excluding hydrogens is 227 g/mol. The van der Waals surface area contributed by atoms with E-state index in [9.17, 15) is 5.11 Å². The summed E-state index contributed by atoms with van der Waals surface area (Å²) in [6, 6.07) is 0. The lowest BCUT2D eigenvalue weighted by Crippen LogP contribution is -2.49. The Hall–Kier alpha value is -1.09. The molecular formula is C9H19BN2O5. The summed E-state index contributed by atoms with van der Waals surface area (Å²) in [7, 11) is -2.17. The summed E-state index contributed by atoms with van der Waals surface area (Å²) >= 11 is 0. The summed E-state index contributed by atoms with van der Waals surface area (Å²) in [6.07, 6.45) is 3.22. The third kappa shape index (κ3) is 6.27. The number of H-pyrrole nitrogens is 1. The van der Waals surface area contributed by atoms with E-state index < -0.39 is 18.5 Å². The first-order chi connectivity index (χ1) is 7.56. The number of aromatic nitrogens is 2. The second-order valence-electron chi connectivity index (χ2n) is 4.45. The Morgan fingerprint density at radius 3 is 2.00 bits per heavy atom. The second-order valence-corrected chi connectivity index (χ2v) is 4.45. The van der Waals surface area contributed by atoms with Gasteiger partial charge in [0.15, 0.2) is 5.75 Å². The predicted molar refractivity (Wildman–Crippen MR) is 62.0 cm³/mol. The molecule has 1 aromatic rings.